The van der Waals surface area contributed by atoms with Crippen LogP contribution in [0.2, 0.25) is 0 Å². The fourth-order valence-electron chi connectivity index (χ4n) is 0.829. The number of hydrogen-bond donors (Lipinski definition) is 0. The van der Waals surface area contributed by atoms with Crippen molar-refractivity contribution in [1.29, 1.82) is 5.26 Å². The molecule has 1 heterocycles. The van der Waals surface area contributed by atoms with Gasteiger partial charge in [0, 0.05) is 22.6 Å². The zero-order valence-corrected chi connectivity index (χ0v) is 9.94. The Hall–Kier alpha value is -0.770. The zero-order chi connectivity index (χ0) is 11.3. The summed E-state index contributed by atoms with van der Waals surface area (Å²) >= 11 is 1.20. The normalized spacial score (nSPS) is 10.9. The van der Waals surface area contributed by atoms with E-state index < -0.39 is 9.05 Å². The van der Waals surface area contributed by atoms with E-state index in [0.717, 1.165) is 0 Å². The molecule has 0 aliphatic rings. The van der Waals surface area contributed by atoms with Gasteiger partial charge in [0.05, 0.1) is 11.3 Å². The van der Waals surface area contributed by atoms with Gasteiger partial charge in [-0.3, -0.25) is 0 Å². The minimum absolute atomic E-state index is 0.138. The van der Waals surface area contributed by atoms with Crippen molar-refractivity contribution in [2.45, 2.75) is 5.03 Å². The molecule has 0 spiro atoms. The molecule has 0 unspecified atom stereocenters. The van der Waals surface area contributed by atoms with Crippen LogP contribution in [0.1, 0.15) is 5.56 Å². The summed E-state index contributed by atoms with van der Waals surface area (Å²) in [5, 5.41) is 9.26. The highest BCUT2D eigenvalue weighted by Crippen LogP contribution is 2.19. The van der Waals surface area contributed by atoms with Gasteiger partial charge >= 0.3 is 0 Å². The summed E-state index contributed by atoms with van der Waals surface area (Å²) in [6.07, 6.45) is 1.55. The Morgan fingerprint density at radius 2 is 2.33 bits per heavy atom. The second-order valence-corrected chi connectivity index (χ2v) is 6.54. The maximum absolute atomic E-state index is 10.6. The Bertz CT molecular complexity index is 482. The summed E-state index contributed by atoms with van der Waals surface area (Å²) in [4.78, 5) is 3.97. The first-order valence-corrected chi connectivity index (χ1v) is 7.39. The molecule has 0 aliphatic heterocycles. The highest BCUT2D eigenvalue weighted by Gasteiger charge is 2.07. The average molecular weight is 263 g/mol. The molecule has 4 nitrogen and oxygen atoms in total. The smallest absolute Gasteiger partial charge is 0.233 e. The second kappa shape index (κ2) is 5.35. The quantitative estimate of drug-likeness (QED) is 0.609. The molecule has 0 saturated heterocycles. The van der Waals surface area contributed by atoms with Crippen LogP contribution in [0.15, 0.2) is 23.4 Å². The first-order valence-electron chi connectivity index (χ1n) is 3.93. The maximum atomic E-state index is 10.6. The van der Waals surface area contributed by atoms with Crippen molar-refractivity contribution in [2.75, 3.05) is 11.5 Å². The Balaban J connectivity index is 2.63. The van der Waals surface area contributed by atoms with Crippen LogP contribution in [0, 0.1) is 11.3 Å². The first-order chi connectivity index (χ1) is 7.03. The molecule has 7 heteroatoms. The van der Waals surface area contributed by atoms with Gasteiger partial charge in [-0.25, -0.2) is 13.4 Å². The van der Waals surface area contributed by atoms with Gasteiger partial charge in [0.15, 0.2) is 0 Å². The molecule has 0 amide bonds. The molecular weight excluding hydrogens is 256 g/mol. The lowest BCUT2D eigenvalue weighted by Gasteiger charge is -2.00. The molecule has 0 radical (unpaired) electrons. The van der Waals surface area contributed by atoms with Gasteiger partial charge in [0.2, 0.25) is 9.05 Å². The molecular formula is C8H7ClN2O2S2. The predicted octanol–water partition coefficient (Wildman–Crippen LogP) is 1.61. The molecule has 15 heavy (non-hydrogen) atoms. The lowest BCUT2D eigenvalue weighted by atomic mass is 10.3. The van der Waals surface area contributed by atoms with Gasteiger partial charge in [-0.2, -0.15) is 5.26 Å². The van der Waals surface area contributed by atoms with E-state index in [1.54, 1.807) is 18.3 Å². The van der Waals surface area contributed by atoms with Gasteiger partial charge in [-0.15, -0.1) is 11.8 Å². The van der Waals surface area contributed by atoms with Crippen LogP contribution < -0.4 is 0 Å². The Morgan fingerprint density at radius 3 is 2.93 bits per heavy atom. The Morgan fingerprint density at radius 1 is 1.60 bits per heavy atom. The van der Waals surface area contributed by atoms with Crippen LogP contribution in [0.4, 0.5) is 0 Å². The molecule has 0 atom stereocenters. The molecule has 0 bridgehead atoms. The van der Waals surface area contributed by atoms with Crippen LogP contribution >= 0.6 is 22.4 Å². The van der Waals surface area contributed by atoms with Gasteiger partial charge in [-0.1, -0.05) is 0 Å². The number of aromatic nitrogens is 1. The molecule has 0 aromatic carbocycles. The number of halogens is 1. The minimum Gasteiger partial charge on any atom is -0.249 e. The molecule has 0 saturated carbocycles. The number of thioether (sulfide) groups is 1. The first kappa shape index (κ1) is 12.3. The van der Waals surface area contributed by atoms with Crippen molar-refractivity contribution >= 4 is 31.5 Å². The zero-order valence-electron chi connectivity index (χ0n) is 7.55. The SMILES string of the molecule is N#Cc1cccnc1SCCS(=O)(=O)Cl. The van der Waals surface area contributed by atoms with E-state index >= 15 is 0 Å². The van der Waals surface area contributed by atoms with Crippen molar-refractivity contribution < 1.29 is 8.42 Å². The Kier molecular flexibility index (Phi) is 4.39. The number of nitriles is 1. The predicted molar refractivity (Wildman–Crippen MR) is 59.3 cm³/mol. The highest BCUT2D eigenvalue weighted by molar-refractivity contribution is 8.14. The molecule has 1 rings (SSSR count). The van der Waals surface area contributed by atoms with Crippen LogP contribution in [0.5, 0.6) is 0 Å². The maximum Gasteiger partial charge on any atom is 0.233 e. The topological polar surface area (TPSA) is 70.8 Å². The third-order valence-corrected chi connectivity index (χ3v) is 3.88. The molecule has 0 fully saturated rings. The summed E-state index contributed by atoms with van der Waals surface area (Å²) in [6.45, 7) is 0. The van der Waals surface area contributed by atoms with Gasteiger partial charge in [0.25, 0.3) is 0 Å². The van der Waals surface area contributed by atoms with Gasteiger partial charge in [-0.05, 0) is 12.1 Å². The van der Waals surface area contributed by atoms with E-state index in [4.69, 9.17) is 15.9 Å². The van der Waals surface area contributed by atoms with Crippen LogP contribution in [-0.4, -0.2) is 24.9 Å². The number of hydrogen-bond acceptors (Lipinski definition) is 5. The summed E-state index contributed by atoms with van der Waals surface area (Å²) < 4.78 is 21.3. The lowest BCUT2D eigenvalue weighted by Crippen LogP contribution is -2.00. The van der Waals surface area contributed by atoms with Crippen LogP contribution in [-0.2, 0) is 9.05 Å². The van der Waals surface area contributed by atoms with Crippen molar-refractivity contribution in [3.63, 3.8) is 0 Å². The largest absolute Gasteiger partial charge is 0.249 e. The van der Waals surface area contributed by atoms with E-state index in [2.05, 4.69) is 4.98 Å². The summed E-state index contributed by atoms with van der Waals surface area (Å²) in [5.74, 6) is 0.151. The number of nitrogens with zero attached hydrogens (tertiary/aromatic N) is 2. The second-order valence-electron chi connectivity index (χ2n) is 2.56. The van der Waals surface area contributed by atoms with Crippen LogP contribution in [0.25, 0.3) is 0 Å². The standard InChI is InChI=1S/C8H7ClN2O2S2/c9-15(12,13)5-4-14-8-7(6-10)2-1-3-11-8/h1-3H,4-5H2. The van der Waals surface area contributed by atoms with E-state index in [9.17, 15) is 8.42 Å². The van der Waals surface area contributed by atoms with E-state index in [-0.39, 0.29) is 11.5 Å². The Labute approximate surface area is 96.7 Å². The van der Waals surface area contributed by atoms with Crippen molar-refractivity contribution in [2.24, 2.45) is 0 Å². The highest BCUT2D eigenvalue weighted by atomic mass is 35.7. The number of rotatable bonds is 4. The lowest BCUT2D eigenvalue weighted by molar-refractivity contribution is 0.611. The summed E-state index contributed by atoms with van der Waals surface area (Å²) in [7, 11) is 1.57. The third kappa shape index (κ3) is 4.51. The molecule has 80 valence electrons. The van der Waals surface area contributed by atoms with Crippen molar-refractivity contribution in [3.05, 3.63) is 23.9 Å². The molecule has 1 aromatic heterocycles. The minimum atomic E-state index is -3.47. The van der Waals surface area contributed by atoms with E-state index in [1.807, 2.05) is 6.07 Å². The van der Waals surface area contributed by atoms with Gasteiger partial charge in [0.1, 0.15) is 11.1 Å². The van der Waals surface area contributed by atoms with Crippen molar-refractivity contribution in [3.8, 4) is 6.07 Å². The summed E-state index contributed by atoms with van der Waals surface area (Å²) in [5.41, 5.74) is 0.439. The molecule has 0 aliphatic carbocycles. The van der Waals surface area contributed by atoms with Gasteiger partial charge < -0.3 is 0 Å². The summed E-state index contributed by atoms with van der Waals surface area (Å²) in [6, 6.07) is 5.26. The fraction of sp³-hybridized carbons (Fsp3) is 0.250. The monoisotopic (exact) mass is 262 g/mol. The molecule has 0 N–H and O–H groups in total. The fourth-order valence-corrected chi connectivity index (χ4v) is 3.12. The van der Waals surface area contributed by atoms with Crippen LogP contribution in [0.3, 0.4) is 0 Å². The third-order valence-electron chi connectivity index (χ3n) is 1.46. The average Bonchev–Trinajstić information content (AvgIpc) is 2.16. The molecule has 1 aromatic rings. The number of pyridine rings is 1. The van der Waals surface area contributed by atoms with Crippen molar-refractivity contribution in [1.82, 2.24) is 4.98 Å². The van der Waals surface area contributed by atoms with E-state index in [0.29, 0.717) is 10.6 Å². The van der Waals surface area contributed by atoms with E-state index in [1.165, 1.54) is 11.8 Å².